The van der Waals surface area contributed by atoms with Crippen molar-refractivity contribution in [1.82, 2.24) is 0 Å². The molecule has 80 valence electrons. The third-order valence-electron chi connectivity index (χ3n) is 2.95. The Kier molecular flexibility index (Phi) is 3.40. The minimum absolute atomic E-state index is 0.0289. The third-order valence-corrected chi connectivity index (χ3v) is 2.95. The summed E-state index contributed by atoms with van der Waals surface area (Å²) in [5.41, 5.74) is 0. The van der Waals surface area contributed by atoms with Crippen molar-refractivity contribution in [2.24, 2.45) is 0 Å². The second kappa shape index (κ2) is 4.78. The Morgan fingerprint density at radius 1 is 1.00 bits per heavy atom. The minimum Gasteiger partial charge on any atom is -0.466 e. The number of rotatable bonds is 0. The summed E-state index contributed by atoms with van der Waals surface area (Å²) in [6, 6.07) is 0. The highest BCUT2D eigenvalue weighted by Gasteiger charge is 2.37. The van der Waals surface area contributed by atoms with Gasteiger partial charge in [-0.2, -0.15) is 0 Å². The molecule has 2 saturated heterocycles. The van der Waals surface area contributed by atoms with Crippen LogP contribution in [0, 0.1) is 0 Å². The average Bonchev–Trinajstić information content (AvgIpc) is 2.89. The molecule has 0 radical (unpaired) electrons. The van der Waals surface area contributed by atoms with Crippen LogP contribution in [0.25, 0.3) is 0 Å². The van der Waals surface area contributed by atoms with Gasteiger partial charge in [-0.25, -0.2) is 0 Å². The number of epoxide rings is 1. The third kappa shape index (κ3) is 2.98. The molecular weight excluding hydrogens is 180 g/mol. The highest BCUT2D eigenvalue weighted by molar-refractivity contribution is 5.69. The van der Waals surface area contributed by atoms with Crippen LogP contribution in [0.5, 0.6) is 0 Å². The summed E-state index contributed by atoms with van der Waals surface area (Å²) in [7, 11) is 0. The van der Waals surface area contributed by atoms with Crippen molar-refractivity contribution in [2.75, 3.05) is 6.61 Å². The molecule has 2 aliphatic heterocycles. The van der Waals surface area contributed by atoms with Gasteiger partial charge in [0.15, 0.2) is 0 Å². The number of carbonyl (C=O) groups is 1. The number of ether oxygens (including phenoxy) is 2. The van der Waals surface area contributed by atoms with Crippen LogP contribution >= 0.6 is 0 Å². The summed E-state index contributed by atoms with van der Waals surface area (Å²) in [6.07, 6.45) is 8.02. The van der Waals surface area contributed by atoms with Crippen LogP contribution < -0.4 is 0 Å². The molecule has 3 heteroatoms. The lowest BCUT2D eigenvalue weighted by Gasteiger charge is -2.05. The Labute approximate surface area is 84.8 Å². The second-order valence-electron chi connectivity index (χ2n) is 4.18. The molecule has 2 rings (SSSR count). The van der Waals surface area contributed by atoms with Gasteiger partial charge in [0.25, 0.3) is 0 Å². The highest BCUT2D eigenvalue weighted by Crippen LogP contribution is 2.31. The van der Waals surface area contributed by atoms with Gasteiger partial charge in [0.05, 0.1) is 18.8 Å². The zero-order valence-corrected chi connectivity index (χ0v) is 8.54. The molecule has 0 aromatic carbocycles. The fourth-order valence-corrected chi connectivity index (χ4v) is 2.01. The maximum Gasteiger partial charge on any atom is 0.305 e. The first-order chi connectivity index (χ1) is 6.86. The molecule has 0 bridgehead atoms. The lowest BCUT2D eigenvalue weighted by molar-refractivity contribution is -0.143. The first-order valence-electron chi connectivity index (χ1n) is 5.67. The van der Waals surface area contributed by atoms with E-state index in [0.717, 1.165) is 38.5 Å². The van der Waals surface area contributed by atoms with Crippen molar-refractivity contribution in [3.8, 4) is 0 Å². The van der Waals surface area contributed by atoms with E-state index in [0.29, 0.717) is 25.2 Å². The van der Waals surface area contributed by atoms with E-state index < -0.39 is 0 Å². The molecule has 0 aromatic heterocycles. The monoisotopic (exact) mass is 198 g/mol. The minimum atomic E-state index is -0.0289. The Morgan fingerprint density at radius 3 is 2.50 bits per heavy atom. The van der Waals surface area contributed by atoms with Gasteiger partial charge in [-0.15, -0.1) is 0 Å². The van der Waals surface area contributed by atoms with Crippen LogP contribution in [0.1, 0.15) is 44.9 Å². The molecule has 0 amide bonds. The van der Waals surface area contributed by atoms with Gasteiger partial charge in [-0.05, 0) is 32.1 Å². The predicted molar refractivity (Wildman–Crippen MR) is 51.9 cm³/mol. The molecule has 0 saturated carbocycles. The van der Waals surface area contributed by atoms with Crippen molar-refractivity contribution < 1.29 is 14.3 Å². The molecule has 14 heavy (non-hydrogen) atoms. The topological polar surface area (TPSA) is 38.8 Å². The summed E-state index contributed by atoms with van der Waals surface area (Å²) in [6.45, 7) is 0.593. The summed E-state index contributed by atoms with van der Waals surface area (Å²) < 4.78 is 10.6. The molecule has 2 atom stereocenters. The number of hydrogen-bond donors (Lipinski definition) is 0. The standard InChI is InChI=1S/C11H18O3/c12-11-7-2-1-5-9-10(14-9)6-3-4-8-13-11/h9-10H,1-8H2. The second-order valence-corrected chi connectivity index (χ2v) is 4.18. The van der Waals surface area contributed by atoms with Crippen LogP contribution in [0.4, 0.5) is 0 Å². The lowest BCUT2D eigenvalue weighted by Crippen LogP contribution is -2.07. The van der Waals surface area contributed by atoms with Crippen molar-refractivity contribution in [3.05, 3.63) is 0 Å². The fraction of sp³-hybridized carbons (Fsp3) is 0.909. The maximum atomic E-state index is 11.1. The molecule has 2 aliphatic rings. The van der Waals surface area contributed by atoms with Gasteiger partial charge >= 0.3 is 5.97 Å². The molecule has 2 heterocycles. The van der Waals surface area contributed by atoms with E-state index in [1.165, 1.54) is 0 Å². The number of carbonyl (C=O) groups excluding carboxylic acids is 1. The first kappa shape index (κ1) is 9.97. The maximum absolute atomic E-state index is 11.1. The summed E-state index contributed by atoms with van der Waals surface area (Å²) in [5.74, 6) is -0.0289. The van der Waals surface area contributed by atoms with E-state index in [2.05, 4.69) is 0 Å². The first-order valence-corrected chi connectivity index (χ1v) is 5.67. The number of cyclic esters (lactones) is 1. The van der Waals surface area contributed by atoms with Gasteiger partial charge in [-0.3, -0.25) is 4.79 Å². The number of hydrogen-bond acceptors (Lipinski definition) is 3. The molecular formula is C11H18O3. The Hall–Kier alpha value is -0.570. The zero-order valence-electron chi connectivity index (χ0n) is 8.54. The van der Waals surface area contributed by atoms with E-state index in [9.17, 15) is 4.79 Å². The van der Waals surface area contributed by atoms with Crippen LogP contribution in [0.2, 0.25) is 0 Å². The lowest BCUT2D eigenvalue weighted by atomic mass is 10.1. The molecule has 0 spiro atoms. The Balaban J connectivity index is 1.72. The molecule has 0 aromatic rings. The van der Waals surface area contributed by atoms with Crippen molar-refractivity contribution in [3.63, 3.8) is 0 Å². The Morgan fingerprint density at radius 2 is 1.71 bits per heavy atom. The van der Waals surface area contributed by atoms with Crippen LogP contribution in [0.3, 0.4) is 0 Å². The van der Waals surface area contributed by atoms with E-state index in [-0.39, 0.29) is 5.97 Å². The van der Waals surface area contributed by atoms with Gasteiger partial charge < -0.3 is 9.47 Å². The van der Waals surface area contributed by atoms with Crippen molar-refractivity contribution in [2.45, 2.75) is 57.2 Å². The van der Waals surface area contributed by atoms with E-state index in [1.807, 2.05) is 0 Å². The van der Waals surface area contributed by atoms with Gasteiger partial charge in [-0.1, -0.05) is 6.42 Å². The van der Waals surface area contributed by atoms with Crippen molar-refractivity contribution in [1.29, 1.82) is 0 Å². The van der Waals surface area contributed by atoms with Crippen LogP contribution in [0.15, 0.2) is 0 Å². The fourth-order valence-electron chi connectivity index (χ4n) is 2.01. The van der Waals surface area contributed by atoms with Gasteiger partial charge in [0.2, 0.25) is 0 Å². The molecule has 2 unspecified atom stereocenters. The van der Waals surface area contributed by atoms with Gasteiger partial charge in [0, 0.05) is 6.42 Å². The SMILES string of the molecule is O=C1CCCCC2OC2CCCCO1. The smallest absolute Gasteiger partial charge is 0.305 e. The molecule has 0 aliphatic carbocycles. The van der Waals surface area contributed by atoms with E-state index >= 15 is 0 Å². The summed E-state index contributed by atoms with van der Waals surface area (Å²) in [4.78, 5) is 11.1. The van der Waals surface area contributed by atoms with E-state index in [1.54, 1.807) is 0 Å². The average molecular weight is 198 g/mol. The van der Waals surface area contributed by atoms with Gasteiger partial charge in [0.1, 0.15) is 0 Å². The Bertz CT molecular complexity index is 203. The quantitative estimate of drug-likeness (QED) is 0.441. The molecule has 0 N–H and O–H groups in total. The van der Waals surface area contributed by atoms with Crippen LogP contribution in [-0.4, -0.2) is 24.8 Å². The highest BCUT2D eigenvalue weighted by atomic mass is 16.6. The van der Waals surface area contributed by atoms with Crippen molar-refractivity contribution >= 4 is 5.97 Å². The largest absolute Gasteiger partial charge is 0.466 e. The summed E-state index contributed by atoms with van der Waals surface area (Å²) >= 11 is 0. The normalized spacial score (nSPS) is 34.7. The summed E-state index contributed by atoms with van der Waals surface area (Å²) in [5, 5.41) is 0. The number of fused-ring (bicyclic) bond motifs is 1. The number of esters is 1. The van der Waals surface area contributed by atoms with E-state index in [4.69, 9.17) is 9.47 Å². The predicted octanol–water partition coefficient (Wildman–Crippen LogP) is 2.04. The zero-order chi connectivity index (χ0) is 9.80. The van der Waals surface area contributed by atoms with Crippen LogP contribution in [-0.2, 0) is 14.3 Å². The molecule has 2 fully saturated rings. The molecule has 3 nitrogen and oxygen atoms in total.